The fraction of sp³-hybridized carbons (Fsp3) is 0.667. The lowest BCUT2D eigenvalue weighted by Gasteiger charge is -2.29. The maximum Gasteiger partial charge on any atom is 0.251 e. The Kier molecular flexibility index (Phi) is 5.50. The summed E-state index contributed by atoms with van der Waals surface area (Å²) in [5.41, 5.74) is 0.416. The Labute approximate surface area is 125 Å². The minimum atomic E-state index is -0.183. The summed E-state index contributed by atoms with van der Waals surface area (Å²) in [4.78, 5) is 32.3. The second kappa shape index (κ2) is 7.36. The molecule has 1 saturated heterocycles. The molecule has 1 aliphatic rings. The molecule has 0 bridgehead atoms. The summed E-state index contributed by atoms with van der Waals surface area (Å²) in [7, 11) is 2.13. The van der Waals surface area contributed by atoms with E-state index in [0.29, 0.717) is 30.4 Å². The molecular weight excluding hydrogens is 268 g/mol. The van der Waals surface area contributed by atoms with Gasteiger partial charge in [-0.2, -0.15) is 0 Å². The van der Waals surface area contributed by atoms with Gasteiger partial charge < -0.3 is 15.2 Å². The first kappa shape index (κ1) is 15.7. The Hall–Kier alpha value is -1.69. The molecule has 1 aromatic heterocycles. The van der Waals surface area contributed by atoms with Gasteiger partial charge in [0.25, 0.3) is 5.56 Å². The van der Waals surface area contributed by atoms with E-state index in [2.05, 4.69) is 27.2 Å². The standard InChI is InChI=1S/C15H24N4O2/c1-11-17-13(8-15(21)18-11)9-16-14(20)6-5-12-4-3-7-19(2)10-12/h8,12H,3-7,9-10H2,1-2H3,(H,16,20)(H,17,18,21)/t12-/m1/s1. The molecule has 2 rings (SSSR count). The lowest BCUT2D eigenvalue weighted by Crippen LogP contribution is -2.33. The monoisotopic (exact) mass is 292 g/mol. The van der Waals surface area contributed by atoms with E-state index in [9.17, 15) is 9.59 Å². The van der Waals surface area contributed by atoms with Gasteiger partial charge in [0, 0.05) is 19.0 Å². The van der Waals surface area contributed by atoms with E-state index in [4.69, 9.17) is 0 Å². The van der Waals surface area contributed by atoms with Crippen molar-refractivity contribution in [3.8, 4) is 0 Å². The number of aromatic amines is 1. The van der Waals surface area contributed by atoms with Gasteiger partial charge in [-0.15, -0.1) is 0 Å². The van der Waals surface area contributed by atoms with Crippen molar-refractivity contribution in [3.05, 3.63) is 27.9 Å². The Balaban J connectivity index is 1.73. The molecule has 0 unspecified atom stereocenters. The fourth-order valence-electron chi connectivity index (χ4n) is 2.85. The summed E-state index contributed by atoms with van der Waals surface area (Å²) in [6.07, 6.45) is 3.91. The number of aromatic nitrogens is 2. The number of nitrogens with one attached hydrogen (secondary N) is 2. The van der Waals surface area contributed by atoms with Gasteiger partial charge >= 0.3 is 0 Å². The number of hydrogen-bond acceptors (Lipinski definition) is 4. The summed E-state index contributed by atoms with van der Waals surface area (Å²) >= 11 is 0. The lowest BCUT2D eigenvalue weighted by atomic mass is 9.93. The minimum absolute atomic E-state index is 0.0305. The second-order valence-corrected chi connectivity index (χ2v) is 5.91. The maximum absolute atomic E-state index is 11.9. The number of aryl methyl sites for hydroxylation is 1. The molecule has 0 aromatic carbocycles. The van der Waals surface area contributed by atoms with Gasteiger partial charge in [-0.05, 0) is 45.7 Å². The van der Waals surface area contributed by atoms with Crippen LogP contribution in [0.15, 0.2) is 10.9 Å². The Bertz CT molecular complexity index is 541. The van der Waals surface area contributed by atoms with Crippen LogP contribution in [0.5, 0.6) is 0 Å². The molecule has 21 heavy (non-hydrogen) atoms. The average Bonchev–Trinajstić information content (AvgIpc) is 2.42. The van der Waals surface area contributed by atoms with Crippen molar-refractivity contribution < 1.29 is 4.79 Å². The molecule has 0 saturated carbocycles. The van der Waals surface area contributed by atoms with Gasteiger partial charge in [0.05, 0.1) is 12.2 Å². The van der Waals surface area contributed by atoms with E-state index in [1.54, 1.807) is 6.92 Å². The molecule has 1 atom stereocenters. The maximum atomic E-state index is 11.9. The summed E-state index contributed by atoms with van der Waals surface area (Å²) in [6.45, 7) is 4.29. The average molecular weight is 292 g/mol. The van der Waals surface area contributed by atoms with Crippen LogP contribution >= 0.6 is 0 Å². The van der Waals surface area contributed by atoms with Crippen LogP contribution in [0.4, 0.5) is 0 Å². The van der Waals surface area contributed by atoms with Gasteiger partial charge in [-0.25, -0.2) is 4.98 Å². The van der Waals surface area contributed by atoms with Crippen LogP contribution in [-0.4, -0.2) is 40.9 Å². The topological polar surface area (TPSA) is 78.1 Å². The molecule has 1 amide bonds. The van der Waals surface area contributed by atoms with Crippen molar-refractivity contribution in [3.63, 3.8) is 0 Å². The third-order valence-corrected chi connectivity index (χ3v) is 3.88. The van der Waals surface area contributed by atoms with Gasteiger partial charge in [-0.3, -0.25) is 9.59 Å². The number of H-pyrrole nitrogens is 1. The van der Waals surface area contributed by atoms with Crippen molar-refractivity contribution in [2.75, 3.05) is 20.1 Å². The number of rotatable bonds is 5. The molecule has 6 nitrogen and oxygen atoms in total. The van der Waals surface area contributed by atoms with Crippen LogP contribution in [-0.2, 0) is 11.3 Å². The molecule has 116 valence electrons. The summed E-state index contributed by atoms with van der Waals surface area (Å²) in [5, 5.41) is 2.84. The normalized spacial score (nSPS) is 19.4. The first-order valence-electron chi connectivity index (χ1n) is 7.55. The predicted octanol–water partition coefficient (Wildman–Crippen LogP) is 0.817. The van der Waals surface area contributed by atoms with Crippen LogP contribution in [0.3, 0.4) is 0 Å². The van der Waals surface area contributed by atoms with Gasteiger partial charge in [0.1, 0.15) is 5.82 Å². The molecular formula is C15H24N4O2. The largest absolute Gasteiger partial charge is 0.350 e. The SMILES string of the molecule is Cc1nc(CNC(=O)CC[C@H]2CCCN(C)C2)cc(=O)[nH]1. The lowest BCUT2D eigenvalue weighted by molar-refractivity contribution is -0.121. The zero-order valence-electron chi connectivity index (χ0n) is 12.8. The molecule has 1 aliphatic heterocycles. The number of nitrogens with zero attached hydrogens (tertiary/aromatic N) is 2. The van der Waals surface area contributed by atoms with Gasteiger partial charge in [-0.1, -0.05) is 0 Å². The molecule has 1 aromatic rings. The fourth-order valence-corrected chi connectivity index (χ4v) is 2.85. The van der Waals surface area contributed by atoms with E-state index in [1.807, 2.05) is 0 Å². The third-order valence-electron chi connectivity index (χ3n) is 3.88. The van der Waals surface area contributed by atoms with Gasteiger partial charge in [0.2, 0.25) is 5.91 Å². The van der Waals surface area contributed by atoms with Crippen LogP contribution in [0, 0.1) is 12.8 Å². The summed E-state index contributed by atoms with van der Waals surface area (Å²) < 4.78 is 0. The van der Waals surface area contributed by atoms with E-state index >= 15 is 0 Å². The molecule has 2 N–H and O–H groups in total. The van der Waals surface area contributed by atoms with Crippen molar-refractivity contribution >= 4 is 5.91 Å². The van der Waals surface area contributed by atoms with Crippen LogP contribution in [0.2, 0.25) is 0 Å². The third kappa shape index (κ3) is 5.30. The number of likely N-dealkylation sites (tertiary alicyclic amines) is 1. The first-order chi connectivity index (χ1) is 10.0. The second-order valence-electron chi connectivity index (χ2n) is 5.91. The minimum Gasteiger partial charge on any atom is -0.350 e. The number of piperidine rings is 1. The quantitative estimate of drug-likeness (QED) is 0.842. The zero-order chi connectivity index (χ0) is 15.2. The molecule has 2 heterocycles. The molecule has 0 aliphatic carbocycles. The Morgan fingerprint density at radius 1 is 1.57 bits per heavy atom. The highest BCUT2D eigenvalue weighted by molar-refractivity contribution is 5.75. The van der Waals surface area contributed by atoms with E-state index in [0.717, 1.165) is 19.5 Å². The van der Waals surface area contributed by atoms with E-state index in [1.165, 1.54) is 18.9 Å². The predicted molar refractivity (Wildman–Crippen MR) is 80.9 cm³/mol. The smallest absolute Gasteiger partial charge is 0.251 e. The molecule has 0 spiro atoms. The Morgan fingerprint density at radius 2 is 2.38 bits per heavy atom. The van der Waals surface area contributed by atoms with Crippen molar-refractivity contribution in [1.29, 1.82) is 0 Å². The van der Waals surface area contributed by atoms with E-state index < -0.39 is 0 Å². The highest BCUT2D eigenvalue weighted by atomic mass is 16.1. The number of amides is 1. The Morgan fingerprint density at radius 3 is 3.10 bits per heavy atom. The highest BCUT2D eigenvalue weighted by Crippen LogP contribution is 2.19. The molecule has 1 fully saturated rings. The zero-order valence-corrected chi connectivity index (χ0v) is 12.8. The van der Waals surface area contributed by atoms with Gasteiger partial charge in [0.15, 0.2) is 0 Å². The highest BCUT2D eigenvalue weighted by Gasteiger charge is 2.17. The molecule has 0 radical (unpaired) electrons. The van der Waals surface area contributed by atoms with Crippen molar-refractivity contribution in [2.45, 2.75) is 39.2 Å². The first-order valence-corrected chi connectivity index (χ1v) is 7.55. The summed E-state index contributed by atoms with van der Waals surface area (Å²) in [5.74, 6) is 1.22. The van der Waals surface area contributed by atoms with Crippen LogP contribution < -0.4 is 10.9 Å². The van der Waals surface area contributed by atoms with Crippen molar-refractivity contribution in [1.82, 2.24) is 20.2 Å². The number of carbonyl (C=O) groups excluding carboxylic acids is 1. The molecule has 6 heteroatoms. The van der Waals surface area contributed by atoms with E-state index in [-0.39, 0.29) is 11.5 Å². The van der Waals surface area contributed by atoms with Crippen LogP contribution in [0.1, 0.15) is 37.2 Å². The van der Waals surface area contributed by atoms with Crippen molar-refractivity contribution in [2.24, 2.45) is 5.92 Å². The van der Waals surface area contributed by atoms with Crippen LogP contribution in [0.25, 0.3) is 0 Å². The summed E-state index contributed by atoms with van der Waals surface area (Å²) in [6, 6.07) is 1.42. The number of carbonyl (C=O) groups is 1. The number of hydrogen-bond donors (Lipinski definition) is 2.